The molecule has 2 aromatic rings. The van der Waals surface area contributed by atoms with E-state index in [2.05, 4.69) is 9.97 Å². The van der Waals surface area contributed by atoms with Gasteiger partial charge in [-0.2, -0.15) is 0 Å². The molecule has 0 aliphatic rings. The van der Waals surface area contributed by atoms with Crippen LogP contribution in [-0.4, -0.2) is 23.6 Å². The van der Waals surface area contributed by atoms with Gasteiger partial charge in [-0.3, -0.25) is 0 Å². The van der Waals surface area contributed by atoms with E-state index in [-0.39, 0.29) is 0 Å². The minimum Gasteiger partial charge on any atom is -0.496 e. The van der Waals surface area contributed by atoms with E-state index in [9.17, 15) is 0 Å². The summed E-state index contributed by atoms with van der Waals surface area (Å²) in [5.74, 6) is 1.45. The van der Waals surface area contributed by atoms with Gasteiger partial charge in [-0.25, -0.2) is 9.97 Å². The third kappa shape index (κ3) is 2.60. The van der Waals surface area contributed by atoms with Gasteiger partial charge in [0.05, 0.1) is 12.7 Å². The molecule has 4 heteroatoms. The Labute approximate surface area is 100 Å². The van der Waals surface area contributed by atoms with Gasteiger partial charge in [0.1, 0.15) is 5.75 Å². The molecule has 0 saturated heterocycles. The highest BCUT2D eigenvalue weighted by Crippen LogP contribution is 2.26. The Morgan fingerprint density at radius 1 is 1.24 bits per heavy atom. The smallest absolute Gasteiger partial charge is 0.163 e. The number of nitrogens with two attached hydrogens (primary N) is 1. The second kappa shape index (κ2) is 5.41. The molecule has 0 spiro atoms. The van der Waals surface area contributed by atoms with Crippen LogP contribution in [0.4, 0.5) is 0 Å². The highest BCUT2D eigenvalue weighted by molar-refractivity contribution is 5.63. The second-order valence-corrected chi connectivity index (χ2v) is 3.61. The molecule has 2 rings (SSSR count). The molecule has 0 fully saturated rings. The summed E-state index contributed by atoms with van der Waals surface area (Å²) in [6.07, 6.45) is 2.50. The van der Waals surface area contributed by atoms with E-state index in [0.29, 0.717) is 12.4 Å². The third-order valence-corrected chi connectivity index (χ3v) is 2.46. The Morgan fingerprint density at radius 2 is 2.06 bits per heavy atom. The van der Waals surface area contributed by atoms with Crippen LogP contribution in [0.25, 0.3) is 11.4 Å². The van der Waals surface area contributed by atoms with Gasteiger partial charge in [0.2, 0.25) is 0 Å². The van der Waals surface area contributed by atoms with Gasteiger partial charge in [0.15, 0.2) is 5.82 Å². The molecule has 0 saturated carbocycles. The molecule has 1 aromatic carbocycles. The number of ether oxygens (including phenoxy) is 1. The molecule has 0 amide bonds. The zero-order valence-electron chi connectivity index (χ0n) is 9.76. The molecule has 0 bridgehead atoms. The van der Waals surface area contributed by atoms with Gasteiger partial charge in [0.25, 0.3) is 0 Å². The Kier molecular flexibility index (Phi) is 3.67. The van der Waals surface area contributed by atoms with Crippen molar-refractivity contribution in [3.05, 3.63) is 42.2 Å². The van der Waals surface area contributed by atoms with Crippen molar-refractivity contribution in [1.82, 2.24) is 9.97 Å². The summed E-state index contributed by atoms with van der Waals surface area (Å²) >= 11 is 0. The molecule has 0 aliphatic carbocycles. The summed E-state index contributed by atoms with van der Waals surface area (Å²) in [6.45, 7) is 0.586. The number of hydrogen-bond donors (Lipinski definition) is 1. The Balaban J connectivity index is 2.41. The maximum absolute atomic E-state index is 5.52. The van der Waals surface area contributed by atoms with Crippen molar-refractivity contribution in [2.45, 2.75) is 6.42 Å². The first kappa shape index (κ1) is 11.5. The van der Waals surface area contributed by atoms with Crippen molar-refractivity contribution in [1.29, 1.82) is 0 Å². The van der Waals surface area contributed by atoms with Gasteiger partial charge in [0, 0.05) is 18.3 Å². The largest absolute Gasteiger partial charge is 0.496 e. The molecule has 0 radical (unpaired) electrons. The van der Waals surface area contributed by atoms with Crippen molar-refractivity contribution in [2.75, 3.05) is 13.7 Å². The lowest BCUT2D eigenvalue weighted by molar-refractivity contribution is 0.416. The van der Waals surface area contributed by atoms with Gasteiger partial charge in [-0.1, -0.05) is 12.1 Å². The van der Waals surface area contributed by atoms with E-state index in [0.717, 1.165) is 23.4 Å². The van der Waals surface area contributed by atoms with E-state index >= 15 is 0 Å². The van der Waals surface area contributed by atoms with Crippen LogP contribution >= 0.6 is 0 Å². The maximum atomic E-state index is 5.52. The summed E-state index contributed by atoms with van der Waals surface area (Å²) < 4.78 is 5.29. The van der Waals surface area contributed by atoms with Crippen LogP contribution in [0, 0.1) is 0 Å². The standard InChI is InChI=1S/C13H15N3O/c1-17-12-5-3-2-4-11(12)13-15-9-7-10(16-13)6-8-14/h2-5,7,9H,6,8,14H2,1H3. The van der Waals surface area contributed by atoms with Gasteiger partial charge in [-0.05, 0) is 24.7 Å². The fraction of sp³-hybridized carbons (Fsp3) is 0.231. The van der Waals surface area contributed by atoms with E-state index in [1.807, 2.05) is 30.3 Å². The van der Waals surface area contributed by atoms with Gasteiger partial charge in [-0.15, -0.1) is 0 Å². The van der Waals surface area contributed by atoms with Gasteiger partial charge >= 0.3 is 0 Å². The molecular weight excluding hydrogens is 214 g/mol. The van der Waals surface area contributed by atoms with E-state index < -0.39 is 0 Å². The summed E-state index contributed by atoms with van der Waals surface area (Å²) in [5, 5.41) is 0. The molecule has 2 N–H and O–H groups in total. The summed E-state index contributed by atoms with van der Waals surface area (Å²) in [7, 11) is 1.64. The highest BCUT2D eigenvalue weighted by Gasteiger charge is 2.07. The minimum absolute atomic E-state index is 0.586. The maximum Gasteiger partial charge on any atom is 0.163 e. The average Bonchev–Trinajstić information content (AvgIpc) is 2.39. The van der Waals surface area contributed by atoms with Crippen LogP contribution in [-0.2, 0) is 6.42 Å². The van der Waals surface area contributed by atoms with E-state index in [1.54, 1.807) is 13.3 Å². The van der Waals surface area contributed by atoms with Crippen LogP contribution in [0.5, 0.6) is 5.75 Å². The molecule has 88 valence electrons. The molecule has 1 heterocycles. The number of aromatic nitrogens is 2. The topological polar surface area (TPSA) is 61.0 Å². The lowest BCUT2D eigenvalue weighted by atomic mass is 10.2. The number of rotatable bonds is 4. The quantitative estimate of drug-likeness (QED) is 0.866. The zero-order valence-corrected chi connectivity index (χ0v) is 9.76. The fourth-order valence-corrected chi connectivity index (χ4v) is 1.64. The SMILES string of the molecule is COc1ccccc1-c1nccc(CCN)n1. The van der Waals surface area contributed by atoms with Crippen LogP contribution < -0.4 is 10.5 Å². The summed E-state index contributed by atoms with van der Waals surface area (Å²) in [4.78, 5) is 8.74. The van der Waals surface area contributed by atoms with E-state index in [1.165, 1.54) is 0 Å². The lowest BCUT2D eigenvalue weighted by Gasteiger charge is -2.07. The monoisotopic (exact) mass is 229 g/mol. The molecule has 0 atom stereocenters. The van der Waals surface area contributed by atoms with Crippen molar-refractivity contribution in [2.24, 2.45) is 5.73 Å². The average molecular weight is 229 g/mol. The predicted octanol–water partition coefficient (Wildman–Crippen LogP) is 1.65. The number of benzene rings is 1. The molecule has 0 unspecified atom stereocenters. The lowest BCUT2D eigenvalue weighted by Crippen LogP contribution is -2.05. The highest BCUT2D eigenvalue weighted by atomic mass is 16.5. The van der Waals surface area contributed by atoms with Crippen LogP contribution in [0.3, 0.4) is 0 Å². The fourth-order valence-electron chi connectivity index (χ4n) is 1.64. The Hall–Kier alpha value is -1.94. The normalized spacial score (nSPS) is 10.2. The summed E-state index contributed by atoms with van der Waals surface area (Å²) in [5.41, 5.74) is 7.36. The van der Waals surface area contributed by atoms with Crippen LogP contribution in [0.15, 0.2) is 36.5 Å². The third-order valence-electron chi connectivity index (χ3n) is 2.46. The van der Waals surface area contributed by atoms with Crippen LogP contribution in [0.2, 0.25) is 0 Å². The van der Waals surface area contributed by atoms with Crippen molar-refractivity contribution >= 4 is 0 Å². The molecule has 1 aromatic heterocycles. The first-order valence-electron chi connectivity index (χ1n) is 5.50. The van der Waals surface area contributed by atoms with Gasteiger partial charge < -0.3 is 10.5 Å². The molecule has 0 aliphatic heterocycles. The first-order valence-corrected chi connectivity index (χ1v) is 5.50. The number of para-hydroxylation sites is 1. The molecular formula is C13H15N3O. The predicted molar refractivity (Wildman–Crippen MR) is 66.8 cm³/mol. The second-order valence-electron chi connectivity index (χ2n) is 3.61. The Bertz CT molecular complexity index is 500. The van der Waals surface area contributed by atoms with Crippen LogP contribution in [0.1, 0.15) is 5.69 Å². The van der Waals surface area contributed by atoms with Crippen molar-refractivity contribution in [3.63, 3.8) is 0 Å². The van der Waals surface area contributed by atoms with E-state index in [4.69, 9.17) is 10.5 Å². The Morgan fingerprint density at radius 3 is 2.82 bits per heavy atom. The van der Waals surface area contributed by atoms with Crippen molar-refractivity contribution < 1.29 is 4.74 Å². The molecule has 17 heavy (non-hydrogen) atoms. The summed E-state index contributed by atoms with van der Waals surface area (Å²) in [6, 6.07) is 9.59. The number of nitrogens with zero attached hydrogens (tertiary/aromatic N) is 2. The minimum atomic E-state index is 0.586. The zero-order chi connectivity index (χ0) is 12.1. The first-order chi connectivity index (χ1) is 8.35. The number of methoxy groups -OCH3 is 1. The molecule has 4 nitrogen and oxygen atoms in total. The van der Waals surface area contributed by atoms with Crippen molar-refractivity contribution in [3.8, 4) is 17.1 Å². The number of hydrogen-bond acceptors (Lipinski definition) is 4.